The Bertz CT molecular complexity index is 1340. The van der Waals surface area contributed by atoms with Crippen LogP contribution in [0.3, 0.4) is 0 Å². The Labute approximate surface area is 199 Å². The predicted molar refractivity (Wildman–Crippen MR) is 135 cm³/mol. The molecule has 1 saturated heterocycles. The molecule has 0 atom stereocenters. The molecule has 0 bridgehead atoms. The number of carbonyl (C=O) groups is 1. The van der Waals surface area contributed by atoms with Crippen molar-refractivity contribution in [3.05, 3.63) is 102 Å². The minimum absolute atomic E-state index is 0.217. The summed E-state index contributed by atoms with van der Waals surface area (Å²) in [7, 11) is 0. The van der Waals surface area contributed by atoms with E-state index in [0.29, 0.717) is 16.8 Å². The number of fused-ring (bicyclic) bond motifs is 1. The van der Waals surface area contributed by atoms with E-state index in [9.17, 15) is 4.79 Å². The molecule has 0 radical (unpaired) electrons. The Morgan fingerprint density at radius 1 is 0.912 bits per heavy atom. The van der Waals surface area contributed by atoms with Crippen LogP contribution in [0, 0.1) is 11.3 Å². The third kappa shape index (κ3) is 4.61. The van der Waals surface area contributed by atoms with Crippen molar-refractivity contribution < 1.29 is 4.79 Å². The molecule has 6 heteroatoms. The molecule has 4 aromatic rings. The molecule has 2 heterocycles. The van der Waals surface area contributed by atoms with Gasteiger partial charge >= 0.3 is 0 Å². The van der Waals surface area contributed by atoms with Crippen LogP contribution in [0.5, 0.6) is 0 Å². The fraction of sp³-hybridized carbons (Fsp3) is 0.179. The number of para-hydroxylation sites is 1. The molecule has 1 amide bonds. The SMILES string of the molecule is N#Cc1ccc(C(=O)Nc2cnc3ccccc3c2N2CCN(Cc3ccccc3)CC2)cc1. The van der Waals surface area contributed by atoms with Crippen LogP contribution in [0.1, 0.15) is 21.5 Å². The van der Waals surface area contributed by atoms with E-state index in [4.69, 9.17) is 5.26 Å². The van der Waals surface area contributed by atoms with Crippen molar-refractivity contribution in [3.63, 3.8) is 0 Å². The van der Waals surface area contributed by atoms with E-state index in [2.05, 4.69) is 56.5 Å². The molecule has 0 saturated carbocycles. The number of rotatable bonds is 5. The standard InChI is InChI=1S/C28H25N5O/c29-18-21-10-12-23(13-11-21)28(34)31-26-19-30-25-9-5-4-8-24(25)27(26)33-16-14-32(15-17-33)20-22-6-2-1-3-7-22/h1-13,19H,14-17,20H2,(H,31,34). The summed E-state index contributed by atoms with van der Waals surface area (Å²) >= 11 is 0. The van der Waals surface area contributed by atoms with Crippen molar-refractivity contribution in [1.29, 1.82) is 5.26 Å². The van der Waals surface area contributed by atoms with Crippen LogP contribution in [0.15, 0.2) is 85.1 Å². The van der Waals surface area contributed by atoms with Gasteiger partial charge < -0.3 is 10.2 Å². The molecular weight excluding hydrogens is 422 g/mol. The largest absolute Gasteiger partial charge is 0.367 e. The Hall–Kier alpha value is -4.21. The third-order valence-corrected chi connectivity index (χ3v) is 6.21. The van der Waals surface area contributed by atoms with E-state index in [-0.39, 0.29) is 5.91 Å². The topological polar surface area (TPSA) is 72.3 Å². The molecule has 0 unspecified atom stereocenters. The zero-order valence-electron chi connectivity index (χ0n) is 18.8. The van der Waals surface area contributed by atoms with Crippen molar-refractivity contribution in [1.82, 2.24) is 9.88 Å². The Morgan fingerprint density at radius 2 is 1.62 bits per heavy atom. The van der Waals surface area contributed by atoms with Crippen LogP contribution >= 0.6 is 0 Å². The number of nitriles is 1. The van der Waals surface area contributed by atoms with Gasteiger partial charge in [-0.15, -0.1) is 0 Å². The molecule has 34 heavy (non-hydrogen) atoms. The molecule has 1 aliphatic heterocycles. The number of piperazine rings is 1. The zero-order chi connectivity index (χ0) is 23.3. The van der Waals surface area contributed by atoms with Gasteiger partial charge in [0.25, 0.3) is 5.91 Å². The minimum Gasteiger partial charge on any atom is -0.367 e. The van der Waals surface area contributed by atoms with Gasteiger partial charge in [0.1, 0.15) is 0 Å². The van der Waals surface area contributed by atoms with E-state index in [1.807, 2.05) is 24.3 Å². The molecule has 1 N–H and O–H groups in total. The van der Waals surface area contributed by atoms with Gasteiger partial charge in [-0.2, -0.15) is 5.26 Å². The molecule has 3 aromatic carbocycles. The molecule has 1 aromatic heterocycles. The van der Waals surface area contributed by atoms with Crippen LogP contribution < -0.4 is 10.2 Å². The zero-order valence-corrected chi connectivity index (χ0v) is 18.8. The van der Waals surface area contributed by atoms with E-state index in [1.54, 1.807) is 30.5 Å². The second kappa shape index (κ2) is 9.74. The summed E-state index contributed by atoms with van der Waals surface area (Å²) in [6.07, 6.45) is 1.75. The van der Waals surface area contributed by atoms with Crippen LogP contribution in [-0.2, 0) is 6.54 Å². The van der Waals surface area contributed by atoms with E-state index in [1.165, 1.54) is 5.56 Å². The van der Waals surface area contributed by atoms with Gasteiger partial charge in [0.2, 0.25) is 0 Å². The molecule has 1 aliphatic rings. The Balaban J connectivity index is 1.39. The van der Waals surface area contributed by atoms with Crippen molar-refractivity contribution in [2.45, 2.75) is 6.54 Å². The highest BCUT2D eigenvalue weighted by molar-refractivity contribution is 6.09. The average Bonchev–Trinajstić information content (AvgIpc) is 2.90. The maximum atomic E-state index is 13.0. The lowest BCUT2D eigenvalue weighted by molar-refractivity contribution is 0.102. The molecule has 168 valence electrons. The first-order valence-electron chi connectivity index (χ1n) is 11.4. The lowest BCUT2D eigenvalue weighted by atomic mass is 10.1. The van der Waals surface area contributed by atoms with Gasteiger partial charge in [-0.25, -0.2) is 0 Å². The lowest BCUT2D eigenvalue weighted by Gasteiger charge is -2.37. The Kier molecular flexibility index (Phi) is 6.19. The van der Waals surface area contributed by atoms with Crippen LogP contribution in [0.2, 0.25) is 0 Å². The summed E-state index contributed by atoms with van der Waals surface area (Å²) in [5.74, 6) is -0.217. The summed E-state index contributed by atoms with van der Waals surface area (Å²) in [6, 6.07) is 27.3. The van der Waals surface area contributed by atoms with E-state index >= 15 is 0 Å². The normalized spacial score (nSPS) is 14.0. The number of aromatic nitrogens is 1. The summed E-state index contributed by atoms with van der Waals surface area (Å²) < 4.78 is 0. The molecule has 5 rings (SSSR count). The van der Waals surface area contributed by atoms with Gasteiger partial charge in [-0.05, 0) is 35.9 Å². The predicted octanol–water partition coefficient (Wildman–Crippen LogP) is 4.68. The number of nitrogens with one attached hydrogen (secondary N) is 1. The first-order chi connectivity index (χ1) is 16.7. The number of benzene rings is 3. The van der Waals surface area contributed by atoms with Crippen molar-refractivity contribution in [2.24, 2.45) is 0 Å². The second-order valence-electron chi connectivity index (χ2n) is 8.43. The van der Waals surface area contributed by atoms with Crippen LogP contribution in [-0.4, -0.2) is 42.0 Å². The molecule has 1 fully saturated rings. The van der Waals surface area contributed by atoms with Crippen LogP contribution in [0.25, 0.3) is 10.9 Å². The van der Waals surface area contributed by atoms with Crippen molar-refractivity contribution in [3.8, 4) is 6.07 Å². The maximum Gasteiger partial charge on any atom is 0.255 e. The number of carbonyl (C=O) groups excluding carboxylic acids is 1. The summed E-state index contributed by atoms with van der Waals surface area (Å²) in [6.45, 7) is 4.54. The van der Waals surface area contributed by atoms with Gasteiger partial charge in [0.05, 0.1) is 34.7 Å². The first-order valence-corrected chi connectivity index (χ1v) is 11.4. The number of anilines is 2. The van der Waals surface area contributed by atoms with Crippen molar-refractivity contribution in [2.75, 3.05) is 36.4 Å². The second-order valence-corrected chi connectivity index (χ2v) is 8.43. The van der Waals surface area contributed by atoms with Gasteiger partial charge in [-0.1, -0.05) is 48.5 Å². The number of hydrogen-bond acceptors (Lipinski definition) is 5. The minimum atomic E-state index is -0.217. The van der Waals surface area contributed by atoms with Gasteiger partial charge in [0.15, 0.2) is 0 Å². The van der Waals surface area contributed by atoms with Crippen molar-refractivity contribution >= 4 is 28.2 Å². The highest BCUT2D eigenvalue weighted by Crippen LogP contribution is 2.34. The molecule has 0 spiro atoms. The first kappa shape index (κ1) is 21.6. The van der Waals surface area contributed by atoms with Gasteiger partial charge in [-0.3, -0.25) is 14.7 Å². The number of amides is 1. The molecule has 6 nitrogen and oxygen atoms in total. The fourth-order valence-corrected chi connectivity index (χ4v) is 4.42. The number of pyridine rings is 1. The van der Waals surface area contributed by atoms with Crippen LogP contribution in [0.4, 0.5) is 11.4 Å². The monoisotopic (exact) mass is 447 g/mol. The van der Waals surface area contributed by atoms with E-state index < -0.39 is 0 Å². The molecular formula is C28H25N5O. The maximum absolute atomic E-state index is 13.0. The number of nitrogens with zero attached hydrogens (tertiary/aromatic N) is 4. The molecule has 0 aliphatic carbocycles. The summed E-state index contributed by atoms with van der Waals surface area (Å²) in [5, 5.41) is 13.1. The van der Waals surface area contributed by atoms with Gasteiger partial charge in [0, 0.05) is 43.7 Å². The van der Waals surface area contributed by atoms with E-state index in [0.717, 1.165) is 49.3 Å². The lowest BCUT2D eigenvalue weighted by Crippen LogP contribution is -2.46. The highest BCUT2D eigenvalue weighted by atomic mass is 16.1. The third-order valence-electron chi connectivity index (χ3n) is 6.21. The average molecular weight is 448 g/mol. The highest BCUT2D eigenvalue weighted by Gasteiger charge is 2.23. The Morgan fingerprint density at radius 3 is 2.35 bits per heavy atom. The summed E-state index contributed by atoms with van der Waals surface area (Å²) in [4.78, 5) is 22.4. The quantitative estimate of drug-likeness (QED) is 0.481. The summed E-state index contributed by atoms with van der Waals surface area (Å²) in [5.41, 5.74) is 4.96. The fourth-order valence-electron chi connectivity index (χ4n) is 4.42. The smallest absolute Gasteiger partial charge is 0.255 e. The number of hydrogen-bond donors (Lipinski definition) is 1.